The van der Waals surface area contributed by atoms with Crippen molar-refractivity contribution in [1.82, 2.24) is 5.32 Å². The van der Waals surface area contributed by atoms with E-state index >= 15 is 0 Å². The number of benzene rings is 1. The fourth-order valence-corrected chi connectivity index (χ4v) is 6.09. The molecule has 1 aromatic carbocycles. The molecule has 4 aliphatic rings. The predicted octanol–water partition coefficient (Wildman–Crippen LogP) is 4.44. The van der Waals surface area contributed by atoms with Crippen molar-refractivity contribution < 1.29 is 9.84 Å². The summed E-state index contributed by atoms with van der Waals surface area (Å²) in [4.78, 5) is 0. The van der Waals surface area contributed by atoms with Gasteiger partial charge in [0.25, 0.3) is 0 Å². The Kier molecular flexibility index (Phi) is 5.23. The maximum absolute atomic E-state index is 10.9. The van der Waals surface area contributed by atoms with Crippen LogP contribution >= 0.6 is 28.3 Å². The number of aliphatic hydroxyl groups is 1. The molecule has 4 bridgehead atoms. The van der Waals surface area contributed by atoms with E-state index in [1.807, 2.05) is 19.1 Å². The molecule has 0 aliphatic heterocycles. The molecule has 2 N–H and O–H groups in total. The van der Waals surface area contributed by atoms with Crippen molar-refractivity contribution in [2.24, 2.45) is 11.8 Å². The van der Waals surface area contributed by atoms with Gasteiger partial charge in [0.15, 0.2) is 0 Å². The first-order chi connectivity index (χ1) is 11.0. The summed E-state index contributed by atoms with van der Waals surface area (Å²) < 4.78 is 6.86. The van der Waals surface area contributed by atoms with E-state index in [9.17, 15) is 5.11 Å². The van der Waals surface area contributed by atoms with E-state index in [-0.39, 0.29) is 17.9 Å². The monoisotopic (exact) mass is 415 g/mol. The van der Waals surface area contributed by atoms with Crippen molar-refractivity contribution in [3.05, 3.63) is 28.2 Å². The van der Waals surface area contributed by atoms with Gasteiger partial charge in [0.1, 0.15) is 5.75 Å². The van der Waals surface area contributed by atoms with Gasteiger partial charge in [0.05, 0.1) is 12.2 Å². The zero-order chi connectivity index (χ0) is 16.1. The summed E-state index contributed by atoms with van der Waals surface area (Å²) in [5.74, 6) is 2.39. The number of hydrogen-bond acceptors (Lipinski definition) is 3. The second kappa shape index (κ2) is 6.79. The number of nitrogens with one attached hydrogen (secondary N) is 1. The van der Waals surface area contributed by atoms with Gasteiger partial charge in [0.2, 0.25) is 0 Å². The number of halogens is 2. The lowest BCUT2D eigenvalue weighted by atomic mass is 9.51. The molecular formula is C19H27BrClNO2. The molecule has 0 heterocycles. The average Bonchev–Trinajstić information content (AvgIpc) is 2.45. The molecule has 0 radical (unpaired) electrons. The second-order valence-corrected chi connectivity index (χ2v) is 8.92. The molecule has 24 heavy (non-hydrogen) atoms. The molecule has 1 aromatic rings. The van der Waals surface area contributed by atoms with E-state index < -0.39 is 5.60 Å². The van der Waals surface area contributed by atoms with Crippen LogP contribution in [0.1, 0.15) is 51.0 Å². The molecule has 4 aliphatic carbocycles. The first-order valence-electron chi connectivity index (χ1n) is 8.88. The molecule has 0 aromatic heterocycles. The van der Waals surface area contributed by atoms with Crippen LogP contribution < -0.4 is 10.1 Å². The van der Waals surface area contributed by atoms with E-state index in [2.05, 4.69) is 27.3 Å². The topological polar surface area (TPSA) is 41.5 Å². The molecule has 0 saturated heterocycles. The second-order valence-electron chi connectivity index (χ2n) is 8.00. The highest BCUT2D eigenvalue weighted by Gasteiger charge is 2.56. The Labute approximate surface area is 159 Å². The first kappa shape index (κ1) is 18.5. The zero-order valence-corrected chi connectivity index (χ0v) is 16.6. The maximum Gasteiger partial charge on any atom is 0.123 e. The van der Waals surface area contributed by atoms with Crippen LogP contribution in [-0.2, 0) is 6.54 Å². The summed E-state index contributed by atoms with van der Waals surface area (Å²) in [5.41, 5.74) is 0.922. The standard InChI is InChI=1S/C19H26BrNO2.ClH/c1-2-23-17-4-3-16(20)6-15(17)11-21-18-7-13-5-14(8-18)10-19(22,9-13)12-18;/h3-4,6,13-14,21-22H,2,5,7-12H2,1H3;1H. The number of hydrogen-bond donors (Lipinski definition) is 2. The van der Waals surface area contributed by atoms with Gasteiger partial charge in [-0.15, -0.1) is 12.4 Å². The highest BCUT2D eigenvalue weighted by atomic mass is 79.9. The molecule has 4 saturated carbocycles. The van der Waals surface area contributed by atoms with E-state index in [0.29, 0.717) is 18.4 Å². The molecule has 2 unspecified atom stereocenters. The molecule has 0 amide bonds. The molecule has 134 valence electrons. The summed E-state index contributed by atoms with van der Waals surface area (Å²) in [7, 11) is 0. The SMILES string of the molecule is CCOc1ccc(Br)cc1CNC12CC3CC(CC(O)(C3)C1)C2.Cl. The van der Waals surface area contributed by atoms with Crippen molar-refractivity contribution >= 4 is 28.3 Å². The lowest BCUT2D eigenvalue weighted by molar-refractivity contribution is -0.142. The van der Waals surface area contributed by atoms with Gasteiger partial charge in [-0.1, -0.05) is 15.9 Å². The van der Waals surface area contributed by atoms with Crippen molar-refractivity contribution in [1.29, 1.82) is 0 Å². The summed E-state index contributed by atoms with van der Waals surface area (Å²) in [5, 5.41) is 14.7. The zero-order valence-electron chi connectivity index (χ0n) is 14.2. The van der Waals surface area contributed by atoms with Crippen LogP contribution in [0.15, 0.2) is 22.7 Å². The summed E-state index contributed by atoms with van der Waals surface area (Å²) >= 11 is 3.57. The Morgan fingerprint density at radius 2 is 1.96 bits per heavy atom. The smallest absolute Gasteiger partial charge is 0.123 e. The minimum Gasteiger partial charge on any atom is -0.494 e. The van der Waals surface area contributed by atoms with Gasteiger partial charge in [-0.05, 0) is 75.5 Å². The Balaban J connectivity index is 0.00000169. The molecule has 2 atom stereocenters. The van der Waals surface area contributed by atoms with Crippen LogP contribution in [0.3, 0.4) is 0 Å². The van der Waals surface area contributed by atoms with Crippen molar-refractivity contribution in [3.63, 3.8) is 0 Å². The first-order valence-corrected chi connectivity index (χ1v) is 9.67. The normalized spacial score (nSPS) is 36.5. The fraction of sp³-hybridized carbons (Fsp3) is 0.684. The third-order valence-corrected chi connectivity index (χ3v) is 6.50. The lowest BCUT2D eigenvalue weighted by Gasteiger charge is -2.60. The van der Waals surface area contributed by atoms with Crippen molar-refractivity contribution in [2.45, 2.75) is 63.1 Å². The number of ether oxygens (including phenoxy) is 1. The molecule has 0 spiro atoms. The Morgan fingerprint density at radius 1 is 1.25 bits per heavy atom. The fourth-order valence-electron chi connectivity index (χ4n) is 5.69. The molecule has 5 rings (SSSR count). The van der Waals surface area contributed by atoms with E-state index in [1.54, 1.807) is 0 Å². The van der Waals surface area contributed by atoms with Gasteiger partial charge in [-0.3, -0.25) is 0 Å². The third kappa shape index (κ3) is 3.48. The van der Waals surface area contributed by atoms with Crippen LogP contribution in [-0.4, -0.2) is 22.9 Å². The molecule has 4 fully saturated rings. The average molecular weight is 417 g/mol. The van der Waals surface area contributed by atoms with E-state index in [1.165, 1.54) is 24.8 Å². The van der Waals surface area contributed by atoms with Crippen molar-refractivity contribution in [3.8, 4) is 5.75 Å². The van der Waals surface area contributed by atoms with Crippen LogP contribution in [0.2, 0.25) is 0 Å². The van der Waals surface area contributed by atoms with E-state index in [4.69, 9.17) is 4.74 Å². The Morgan fingerprint density at radius 3 is 2.58 bits per heavy atom. The summed E-state index contributed by atoms with van der Waals surface area (Å²) in [6, 6.07) is 6.22. The van der Waals surface area contributed by atoms with Crippen LogP contribution in [0.25, 0.3) is 0 Å². The minimum absolute atomic E-state index is 0. The molecular weight excluding hydrogens is 390 g/mol. The Bertz CT molecular complexity index is 595. The van der Waals surface area contributed by atoms with Gasteiger partial charge in [-0.2, -0.15) is 0 Å². The number of rotatable bonds is 5. The third-order valence-electron chi connectivity index (χ3n) is 6.01. The summed E-state index contributed by atoms with van der Waals surface area (Å²) in [6.07, 6.45) is 6.74. The van der Waals surface area contributed by atoms with Gasteiger partial charge < -0.3 is 15.2 Å². The van der Waals surface area contributed by atoms with Gasteiger partial charge in [-0.25, -0.2) is 0 Å². The van der Waals surface area contributed by atoms with Crippen LogP contribution in [0.5, 0.6) is 5.75 Å². The minimum atomic E-state index is -0.406. The quantitative estimate of drug-likeness (QED) is 0.745. The molecule has 5 heteroatoms. The maximum atomic E-state index is 10.9. The van der Waals surface area contributed by atoms with E-state index in [0.717, 1.165) is 36.0 Å². The van der Waals surface area contributed by atoms with Crippen LogP contribution in [0.4, 0.5) is 0 Å². The summed E-state index contributed by atoms with van der Waals surface area (Å²) in [6.45, 7) is 3.52. The Hall–Kier alpha value is -0.290. The van der Waals surface area contributed by atoms with Gasteiger partial charge >= 0.3 is 0 Å². The van der Waals surface area contributed by atoms with Crippen molar-refractivity contribution in [2.75, 3.05) is 6.61 Å². The van der Waals surface area contributed by atoms with Crippen LogP contribution in [0, 0.1) is 11.8 Å². The predicted molar refractivity (Wildman–Crippen MR) is 102 cm³/mol. The lowest BCUT2D eigenvalue weighted by Crippen LogP contribution is -2.64. The highest BCUT2D eigenvalue weighted by molar-refractivity contribution is 9.10. The molecule has 3 nitrogen and oxygen atoms in total. The van der Waals surface area contributed by atoms with Gasteiger partial charge in [0, 0.05) is 22.1 Å². The largest absolute Gasteiger partial charge is 0.494 e. The highest BCUT2D eigenvalue weighted by Crippen LogP contribution is 2.57.